The van der Waals surface area contributed by atoms with Gasteiger partial charge >= 0.3 is 11.6 Å². The third-order valence-electron chi connectivity index (χ3n) is 4.16. The van der Waals surface area contributed by atoms with Gasteiger partial charge in [0.05, 0.1) is 10.5 Å². The summed E-state index contributed by atoms with van der Waals surface area (Å²) in [6.07, 6.45) is 0.673. The van der Waals surface area contributed by atoms with Gasteiger partial charge in [-0.3, -0.25) is 0 Å². The number of aryl methyl sites for hydroxylation is 1. The molecule has 0 saturated heterocycles. The Morgan fingerprint density at radius 1 is 1.14 bits per heavy atom. The highest BCUT2D eigenvalue weighted by molar-refractivity contribution is 7.89. The van der Waals surface area contributed by atoms with Crippen LogP contribution in [-0.4, -0.2) is 14.4 Å². The number of esters is 1. The van der Waals surface area contributed by atoms with E-state index in [1.54, 1.807) is 12.1 Å². The molecular weight excluding hydrogens is 406 g/mol. The first-order chi connectivity index (χ1) is 13.2. The van der Waals surface area contributed by atoms with Crippen molar-refractivity contribution in [3.63, 3.8) is 0 Å². The van der Waals surface area contributed by atoms with E-state index in [-0.39, 0.29) is 17.1 Å². The Kier molecular flexibility index (Phi) is 5.55. The SMILES string of the molecule is CCc1cc2oc(=O)cc(COC(=O)c3ccc(S(N)(=O)=O)cc3)c2cc1Cl. The lowest BCUT2D eigenvalue weighted by Crippen LogP contribution is -2.13. The summed E-state index contributed by atoms with van der Waals surface area (Å²) in [5, 5.41) is 6.12. The molecule has 0 amide bonds. The molecule has 9 heteroatoms. The summed E-state index contributed by atoms with van der Waals surface area (Å²) in [5.74, 6) is -0.682. The molecule has 0 radical (unpaired) electrons. The number of hydrogen-bond acceptors (Lipinski definition) is 6. The van der Waals surface area contributed by atoms with Gasteiger partial charge in [0, 0.05) is 22.0 Å². The molecule has 28 heavy (non-hydrogen) atoms. The molecule has 2 aromatic carbocycles. The number of primary sulfonamides is 1. The van der Waals surface area contributed by atoms with Crippen LogP contribution in [0, 0.1) is 0 Å². The maximum Gasteiger partial charge on any atom is 0.338 e. The van der Waals surface area contributed by atoms with E-state index in [9.17, 15) is 18.0 Å². The first-order valence-corrected chi connectivity index (χ1v) is 10.2. The van der Waals surface area contributed by atoms with Crippen molar-refractivity contribution in [2.45, 2.75) is 24.8 Å². The first kappa shape index (κ1) is 20.1. The molecule has 0 aliphatic carbocycles. The zero-order chi connectivity index (χ0) is 20.5. The van der Waals surface area contributed by atoms with Crippen molar-refractivity contribution >= 4 is 38.6 Å². The molecule has 0 saturated carbocycles. The van der Waals surface area contributed by atoms with E-state index in [2.05, 4.69) is 0 Å². The summed E-state index contributed by atoms with van der Waals surface area (Å²) in [6.45, 7) is 1.75. The predicted octanol–water partition coefficient (Wildman–Crippen LogP) is 3.01. The first-order valence-electron chi connectivity index (χ1n) is 8.24. The molecule has 0 fully saturated rings. The van der Waals surface area contributed by atoms with Crippen LogP contribution in [0.1, 0.15) is 28.4 Å². The summed E-state index contributed by atoms with van der Waals surface area (Å²) < 4.78 is 33.0. The molecule has 1 aromatic heterocycles. The number of nitrogens with two attached hydrogens (primary N) is 1. The highest BCUT2D eigenvalue weighted by atomic mass is 35.5. The Morgan fingerprint density at radius 3 is 2.43 bits per heavy atom. The van der Waals surface area contributed by atoms with Crippen LogP contribution in [-0.2, 0) is 27.8 Å². The average Bonchev–Trinajstić information content (AvgIpc) is 2.65. The number of halogens is 1. The van der Waals surface area contributed by atoms with Crippen LogP contribution in [0.4, 0.5) is 0 Å². The summed E-state index contributed by atoms with van der Waals surface area (Å²) in [4.78, 5) is 23.9. The van der Waals surface area contributed by atoms with Crippen LogP contribution in [0.3, 0.4) is 0 Å². The fourth-order valence-electron chi connectivity index (χ4n) is 2.69. The van der Waals surface area contributed by atoms with Gasteiger partial charge in [-0.25, -0.2) is 23.1 Å². The summed E-state index contributed by atoms with van der Waals surface area (Å²) >= 11 is 6.24. The zero-order valence-corrected chi connectivity index (χ0v) is 16.3. The van der Waals surface area contributed by atoms with Gasteiger partial charge in [-0.1, -0.05) is 18.5 Å². The molecule has 3 aromatic rings. The molecular formula is C19H16ClNO6S. The van der Waals surface area contributed by atoms with Crippen LogP contribution >= 0.6 is 11.6 Å². The van der Waals surface area contributed by atoms with Crippen LogP contribution in [0.15, 0.2) is 56.6 Å². The Morgan fingerprint density at radius 2 is 1.82 bits per heavy atom. The molecule has 0 aliphatic rings. The largest absolute Gasteiger partial charge is 0.457 e. The second-order valence-corrected chi connectivity index (χ2v) is 8.00. The number of benzene rings is 2. The van der Waals surface area contributed by atoms with Gasteiger partial charge in [0.25, 0.3) is 0 Å². The molecule has 0 unspecified atom stereocenters. The molecule has 0 bridgehead atoms. The Bertz CT molecular complexity index is 1220. The smallest absolute Gasteiger partial charge is 0.338 e. The topological polar surface area (TPSA) is 117 Å². The fourth-order valence-corrected chi connectivity index (χ4v) is 3.50. The molecule has 2 N–H and O–H groups in total. The minimum absolute atomic E-state index is 0.114. The van der Waals surface area contributed by atoms with Crippen LogP contribution in [0.25, 0.3) is 11.0 Å². The molecule has 1 heterocycles. The van der Waals surface area contributed by atoms with Crippen molar-refractivity contribution < 1.29 is 22.4 Å². The third kappa shape index (κ3) is 4.24. The van der Waals surface area contributed by atoms with E-state index in [4.69, 9.17) is 25.9 Å². The van der Waals surface area contributed by atoms with E-state index < -0.39 is 21.6 Å². The lowest BCUT2D eigenvalue weighted by molar-refractivity contribution is 0.0473. The van der Waals surface area contributed by atoms with Gasteiger partial charge in [-0.2, -0.15) is 0 Å². The fraction of sp³-hybridized carbons (Fsp3) is 0.158. The molecule has 7 nitrogen and oxygen atoms in total. The maximum atomic E-state index is 12.2. The molecule has 146 valence electrons. The number of hydrogen-bond donors (Lipinski definition) is 1. The standard InChI is InChI=1S/C19H16ClNO6S/c1-2-11-7-17-15(9-16(11)20)13(8-18(22)27-17)10-26-19(23)12-3-5-14(6-4-12)28(21,24)25/h3-9H,2,10H2,1H3,(H2,21,24,25). The molecule has 0 spiro atoms. The maximum absolute atomic E-state index is 12.2. The Labute approximate surface area is 165 Å². The second kappa shape index (κ2) is 7.75. The summed E-state index contributed by atoms with van der Waals surface area (Å²) in [7, 11) is -3.85. The Balaban J connectivity index is 1.86. The summed E-state index contributed by atoms with van der Waals surface area (Å²) in [5.41, 5.74) is 1.22. The zero-order valence-electron chi connectivity index (χ0n) is 14.8. The van der Waals surface area contributed by atoms with Gasteiger partial charge in [0.15, 0.2) is 0 Å². The monoisotopic (exact) mass is 421 g/mol. The van der Waals surface area contributed by atoms with Crippen molar-refractivity contribution in [3.05, 3.63) is 74.6 Å². The van der Waals surface area contributed by atoms with Crippen molar-refractivity contribution in [2.24, 2.45) is 5.14 Å². The molecule has 0 atom stereocenters. The van der Waals surface area contributed by atoms with E-state index in [0.717, 1.165) is 5.56 Å². The number of carbonyl (C=O) groups excluding carboxylic acids is 1. The van der Waals surface area contributed by atoms with Crippen LogP contribution in [0.5, 0.6) is 0 Å². The summed E-state index contributed by atoms with van der Waals surface area (Å²) in [6, 6.07) is 9.61. The number of carbonyl (C=O) groups is 1. The van der Waals surface area contributed by atoms with E-state index in [0.29, 0.717) is 28.0 Å². The van der Waals surface area contributed by atoms with Crippen LogP contribution in [0.2, 0.25) is 5.02 Å². The minimum atomic E-state index is -3.85. The number of rotatable bonds is 5. The van der Waals surface area contributed by atoms with Crippen LogP contribution < -0.4 is 10.8 Å². The van der Waals surface area contributed by atoms with Crippen molar-refractivity contribution in [1.29, 1.82) is 0 Å². The highest BCUT2D eigenvalue weighted by Gasteiger charge is 2.14. The number of sulfonamides is 1. The highest BCUT2D eigenvalue weighted by Crippen LogP contribution is 2.26. The molecule has 3 rings (SSSR count). The quantitative estimate of drug-likeness (QED) is 0.500. The lowest BCUT2D eigenvalue weighted by Gasteiger charge is -2.09. The number of fused-ring (bicyclic) bond motifs is 1. The predicted molar refractivity (Wildman–Crippen MR) is 104 cm³/mol. The second-order valence-electron chi connectivity index (χ2n) is 6.03. The molecule has 0 aliphatic heterocycles. The lowest BCUT2D eigenvalue weighted by atomic mass is 10.1. The van der Waals surface area contributed by atoms with E-state index >= 15 is 0 Å². The van der Waals surface area contributed by atoms with E-state index in [1.807, 2.05) is 6.92 Å². The Hall–Kier alpha value is -2.68. The van der Waals surface area contributed by atoms with Crippen molar-refractivity contribution in [2.75, 3.05) is 0 Å². The normalized spacial score (nSPS) is 11.5. The van der Waals surface area contributed by atoms with Gasteiger partial charge in [-0.15, -0.1) is 0 Å². The van der Waals surface area contributed by atoms with Gasteiger partial charge in [0.1, 0.15) is 12.2 Å². The third-order valence-corrected chi connectivity index (χ3v) is 5.44. The van der Waals surface area contributed by atoms with Crippen molar-refractivity contribution in [3.8, 4) is 0 Å². The number of ether oxygens (including phenoxy) is 1. The van der Waals surface area contributed by atoms with Crippen molar-refractivity contribution in [1.82, 2.24) is 0 Å². The van der Waals surface area contributed by atoms with E-state index in [1.165, 1.54) is 30.3 Å². The van der Waals surface area contributed by atoms with Gasteiger partial charge in [-0.05, 0) is 48.4 Å². The van der Waals surface area contributed by atoms with Gasteiger partial charge < -0.3 is 9.15 Å². The van der Waals surface area contributed by atoms with Gasteiger partial charge in [0.2, 0.25) is 10.0 Å². The average molecular weight is 422 g/mol. The minimum Gasteiger partial charge on any atom is -0.457 e.